The SMILES string of the molecule is CC(Cl)c1ccccc1NCC1CCC2(CCCCC2)O1. The van der Waals surface area contributed by atoms with Gasteiger partial charge in [-0.15, -0.1) is 11.6 Å². The van der Waals surface area contributed by atoms with Crippen LogP contribution in [0.1, 0.15) is 62.8 Å². The van der Waals surface area contributed by atoms with Crippen molar-refractivity contribution in [3.63, 3.8) is 0 Å². The van der Waals surface area contributed by atoms with Gasteiger partial charge < -0.3 is 10.1 Å². The molecule has 2 fully saturated rings. The number of halogens is 1. The predicted octanol–water partition coefficient (Wildman–Crippen LogP) is 5.28. The third-order valence-corrected chi connectivity index (χ3v) is 5.25. The Kier molecular flexibility index (Phi) is 4.75. The molecule has 3 rings (SSSR count). The molecule has 1 aromatic rings. The maximum absolute atomic E-state index is 6.42. The van der Waals surface area contributed by atoms with Crippen LogP contribution in [-0.4, -0.2) is 18.2 Å². The van der Waals surface area contributed by atoms with E-state index >= 15 is 0 Å². The van der Waals surface area contributed by atoms with Gasteiger partial charge in [0.05, 0.1) is 17.1 Å². The molecule has 2 nitrogen and oxygen atoms in total. The van der Waals surface area contributed by atoms with Gasteiger partial charge in [-0.3, -0.25) is 0 Å². The summed E-state index contributed by atoms with van der Waals surface area (Å²) in [6.45, 7) is 2.91. The number of para-hydroxylation sites is 1. The summed E-state index contributed by atoms with van der Waals surface area (Å²) >= 11 is 6.25. The Bertz CT molecular complexity index is 468. The third kappa shape index (κ3) is 3.54. The maximum atomic E-state index is 6.42. The van der Waals surface area contributed by atoms with Crippen molar-refractivity contribution in [2.24, 2.45) is 0 Å². The minimum Gasteiger partial charge on any atom is -0.382 e. The minimum atomic E-state index is 0.0304. The van der Waals surface area contributed by atoms with Crippen LogP contribution in [-0.2, 0) is 4.74 Å². The van der Waals surface area contributed by atoms with Crippen LogP contribution in [0.5, 0.6) is 0 Å². The molecule has 0 radical (unpaired) electrons. The summed E-state index contributed by atoms with van der Waals surface area (Å²) in [6, 6.07) is 8.31. The molecule has 1 spiro atoms. The van der Waals surface area contributed by atoms with E-state index in [1.807, 2.05) is 13.0 Å². The average Bonchev–Trinajstić information content (AvgIpc) is 2.89. The van der Waals surface area contributed by atoms with Crippen molar-refractivity contribution in [2.75, 3.05) is 11.9 Å². The van der Waals surface area contributed by atoms with E-state index in [1.165, 1.54) is 50.5 Å². The fourth-order valence-corrected chi connectivity index (χ4v) is 4.02. The zero-order chi connectivity index (χ0) is 14.7. The van der Waals surface area contributed by atoms with Gasteiger partial charge in [0.15, 0.2) is 0 Å². The van der Waals surface area contributed by atoms with Crippen LogP contribution in [0.15, 0.2) is 24.3 Å². The van der Waals surface area contributed by atoms with Gasteiger partial charge in [-0.05, 0) is 44.2 Å². The van der Waals surface area contributed by atoms with Crippen molar-refractivity contribution in [3.8, 4) is 0 Å². The molecule has 2 aliphatic rings. The first-order chi connectivity index (χ1) is 10.2. The molecule has 1 heterocycles. The Labute approximate surface area is 133 Å². The summed E-state index contributed by atoms with van der Waals surface area (Å²) in [6.07, 6.45) is 9.37. The summed E-state index contributed by atoms with van der Waals surface area (Å²) in [5.41, 5.74) is 2.53. The van der Waals surface area contributed by atoms with Gasteiger partial charge in [0.2, 0.25) is 0 Å². The number of hydrogen-bond acceptors (Lipinski definition) is 2. The predicted molar refractivity (Wildman–Crippen MR) is 89.1 cm³/mol. The molecule has 0 amide bonds. The van der Waals surface area contributed by atoms with Crippen molar-refractivity contribution >= 4 is 17.3 Å². The van der Waals surface area contributed by atoms with Crippen LogP contribution < -0.4 is 5.32 Å². The molecule has 1 aromatic carbocycles. The molecule has 2 atom stereocenters. The highest BCUT2D eigenvalue weighted by Crippen LogP contribution is 2.42. The molecule has 0 aromatic heterocycles. The van der Waals surface area contributed by atoms with Gasteiger partial charge in [0, 0.05) is 12.2 Å². The van der Waals surface area contributed by atoms with Gasteiger partial charge in [-0.25, -0.2) is 0 Å². The standard InChI is InChI=1S/C18H26ClNO/c1-14(19)16-7-3-4-8-17(16)20-13-15-9-12-18(21-15)10-5-2-6-11-18/h3-4,7-8,14-15,20H,2,5-6,9-13H2,1H3. The van der Waals surface area contributed by atoms with Crippen LogP contribution in [0.4, 0.5) is 5.69 Å². The van der Waals surface area contributed by atoms with Crippen molar-refractivity contribution in [2.45, 2.75) is 69.0 Å². The van der Waals surface area contributed by atoms with Gasteiger partial charge >= 0.3 is 0 Å². The van der Waals surface area contributed by atoms with E-state index in [0.29, 0.717) is 6.10 Å². The second-order valence-electron chi connectivity index (χ2n) is 6.61. The van der Waals surface area contributed by atoms with Crippen molar-refractivity contribution in [3.05, 3.63) is 29.8 Å². The second-order valence-corrected chi connectivity index (χ2v) is 7.26. The summed E-state index contributed by atoms with van der Waals surface area (Å²) in [4.78, 5) is 0. The van der Waals surface area contributed by atoms with E-state index in [1.54, 1.807) is 0 Å². The van der Waals surface area contributed by atoms with E-state index < -0.39 is 0 Å². The first-order valence-electron chi connectivity index (χ1n) is 8.33. The second kappa shape index (κ2) is 6.58. The van der Waals surface area contributed by atoms with Crippen LogP contribution >= 0.6 is 11.6 Å². The lowest BCUT2D eigenvalue weighted by atomic mass is 9.83. The van der Waals surface area contributed by atoms with Crippen LogP contribution in [0.25, 0.3) is 0 Å². The van der Waals surface area contributed by atoms with Gasteiger partial charge in [0.1, 0.15) is 0 Å². The molecule has 1 saturated carbocycles. The molecule has 1 aliphatic heterocycles. The Hall–Kier alpha value is -0.730. The smallest absolute Gasteiger partial charge is 0.0756 e. The normalized spacial score (nSPS) is 25.9. The summed E-state index contributed by atoms with van der Waals surface area (Å²) in [5.74, 6) is 0. The Morgan fingerprint density at radius 2 is 2.00 bits per heavy atom. The van der Waals surface area contributed by atoms with Crippen molar-refractivity contribution in [1.82, 2.24) is 0 Å². The lowest BCUT2D eigenvalue weighted by molar-refractivity contribution is -0.0588. The van der Waals surface area contributed by atoms with E-state index in [-0.39, 0.29) is 11.0 Å². The first-order valence-corrected chi connectivity index (χ1v) is 8.77. The number of anilines is 1. The lowest BCUT2D eigenvalue weighted by Crippen LogP contribution is -2.33. The number of hydrogen-bond donors (Lipinski definition) is 1. The maximum Gasteiger partial charge on any atom is 0.0756 e. The molecular formula is C18H26ClNO. The Morgan fingerprint density at radius 1 is 1.24 bits per heavy atom. The van der Waals surface area contributed by atoms with Gasteiger partial charge in [-0.2, -0.15) is 0 Å². The van der Waals surface area contributed by atoms with Crippen molar-refractivity contribution < 1.29 is 4.74 Å². The topological polar surface area (TPSA) is 21.3 Å². The fourth-order valence-electron chi connectivity index (χ4n) is 3.83. The molecule has 2 unspecified atom stereocenters. The number of ether oxygens (including phenoxy) is 1. The van der Waals surface area contributed by atoms with E-state index in [9.17, 15) is 0 Å². The fraction of sp³-hybridized carbons (Fsp3) is 0.667. The van der Waals surface area contributed by atoms with Crippen LogP contribution in [0, 0.1) is 0 Å². The first kappa shape index (κ1) is 15.2. The van der Waals surface area contributed by atoms with E-state index in [0.717, 1.165) is 12.2 Å². The molecule has 1 N–H and O–H groups in total. The van der Waals surface area contributed by atoms with E-state index in [2.05, 4.69) is 23.5 Å². The Balaban J connectivity index is 1.57. The molecule has 3 heteroatoms. The number of alkyl halides is 1. The van der Waals surface area contributed by atoms with E-state index in [4.69, 9.17) is 16.3 Å². The molecule has 1 aliphatic carbocycles. The molecule has 1 saturated heterocycles. The zero-order valence-electron chi connectivity index (χ0n) is 12.9. The largest absolute Gasteiger partial charge is 0.382 e. The molecule has 116 valence electrons. The van der Waals surface area contributed by atoms with Gasteiger partial charge in [0.25, 0.3) is 0 Å². The minimum absolute atomic E-state index is 0.0304. The summed E-state index contributed by atoms with van der Waals surface area (Å²) < 4.78 is 6.42. The zero-order valence-corrected chi connectivity index (χ0v) is 13.7. The lowest BCUT2D eigenvalue weighted by Gasteiger charge is -2.33. The molecular weight excluding hydrogens is 282 g/mol. The number of rotatable bonds is 4. The number of nitrogens with one attached hydrogen (secondary N) is 1. The monoisotopic (exact) mass is 307 g/mol. The quantitative estimate of drug-likeness (QED) is 0.764. The van der Waals surface area contributed by atoms with Crippen LogP contribution in [0.3, 0.4) is 0 Å². The summed E-state index contributed by atoms with van der Waals surface area (Å²) in [5, 5.41) is 3.58. The summed E-state index contributed by atoms with van der Waals surface area (Å²) in [7, 11) is 0. The van der Waals surface area contributed by atoms with Crippen molar-refractivity contribution in [1.29, 1.82) is 0 Å². The average molecular weight is 308 g/mol. The number of benzene rings is 1. The highest BCUT2D eigenvalue weighted by Gasteiger charge is 2.40. The van der Waals surface area contributed by atoms with Crippen LogP contribution in [0.2, 0.25) is 0 Å². The molecule has 21 heavy (non-hydrogen) atoms. The Morgan fingerprint density at radius 3 is 2.76 bits per heavy atom. The third-order valence-electron chi connectivity index (χ3n) is 5.01. The van der Waals surface area contributed by atoms with Gasteiger partial charge in [-0.1, -0.05) is 37.5 Å². The highest BCUT2D eigenvalue weighted by atomic mass is 35.5. The molecule has 0 bridgehead atoms. The highest BCUT2D eigenvalue weighted by molar-refractivity contribution is 6.21.